The number of rotatable bonds is 6. The molecule has 4 aromatic rings. The van der Waals surface area contributed by atoms with Gasteiger partial charge in [0.05, 0.1) is 37.1 Å². The maximum absolute atomic E-state index is 15.3. The summed E-state index contributed by atoms with van der Waals surface area (Å²) in [5, 5.41) is 7.11. The van der Waals surface area contributed by atoms with Crippen molar-refractivity contribution >= 4 is 28.7 Å². The molecule has 0 radical (unpaired) electrons. The van der Waals surface area contributed by atoms with Crippen LogP contribution in [0.15, 0.2) is 36.9 Å². The molecule has 0 aliphatic carbocycles. The molecule has 4 heterocycles. The third-order valence-corrected chi connectivity index (χ3v) is 5.75. The quantitative estimate of drug-likeness (QED) is 0.466. The number of benzene rings is 1. The number of amides is 1. The van der Waals surface area contributed by atoms with E-state index >= 15 is 4.39 Å². The van der Waals surface area contributed by atoms with Crippen molar-refractivity contribution in [2.45, 2.75) is 25.8 Å². The molecule has 174 valence electrons. The van der Waals surface area contributed by atoms with Gasteiger partial charge in [-0.25, -0.2) is 19.3 Å². The van der Waals surface area contributed by atoms with Crippen LogP contribution in [0.2, 0.25) is 0 Å². The highest BCUT2D eigenvalue weighted by atomic mass is 19.1. The average molecular weight is 462 g/mol. The molecule has 1 N–H and O–H groups in total. The molecule has 0 bridgehead atoms. The van der Waals surface area contributed by atoms with Crippen molar-refractivity contribution in [3.05, 3.63) is 48.3 Å². The third-order valence-electron chi connectivity index (χ3n) is 5.75. The number of carbonyl (C=O) groups is 1. The van der Waals surface area contributed by atoms with Gasteiger partial charge in [0, 0.05) is 43.9 Å². The van der Waals surface area contributed by atoms with Gasteiger partial charge in [0.2, 0.25) is 11.9 Å². The first-order valence-corrected chi connectivity index (χ1v) is 10.8. The smallest absolute Gasteiger partial charge is 0.232 e. The molecule has 1 aliphatic heterocycles. The SMILES string of the molecule is COc1cc(C)c(F)c(N(C[C@@H]2CCC(=O)N2)c2ncc3ncc(-c4cnn(C)c4)nc3n2)c1. The van der Waals surface area contributed by atoms with Gasteiger partial charge in [-0.1, -0.05) is 0 Å². The molecular weight excluding hydrogens is 439 g/mol. The van der Waals surface area contributed by atoms with Crippen molar-refractivity contribution in [3.8, 4) is 17.0 Å². The number of anilines is 2. The Morgan fingerprint density at radius 2 is 2.09 bits per heavy atom. The van der Waals surface area contributed by atoms with E-state index in [0.717, 1.165) is 5.56 Å². The summed E-state index contributed by atoms with van der Waals surface area (Å²) in [7, 11) is 3.35. The maximum Gasteiger partial charge on any atom is 0.232 e. The Bertz CT molecular complexity index is 1390. The molecule has 0 unspecified atom stereocenters. The van der Waals surface area contributed by atoms with Gasteiger partial charge in [-0.2, -0.15) is 10.1 Å². The summed E-state index contributed by atoms with van der Waals surface area (Å²) in [5.41, 5.74) is 2.97. The molecule has 1 aromatic carbocycles. The summed E-state index contributed by atoms with van der Waals surface area (Å²) in [4.78, 5) is 31.6. The van der Waals surface area contributed by atoms with Crippen LogP contribution in [-0.2, 0) is 11.8 Å². The Hall–Kier alpha value is -4.15. The molecule has 5 rings (SSSR count). The van der Waals surface area contributed by atoms with E-state index in [1.165, 1.54) is 7.11 Å². The Kier molecular flexibility index (Phi) is 5.52. The number of aryl methyl sites for hydroxylation is 2. The fraction of sp³-hybridized carbons (Fsp3) is 0.304. The first-order valence-electron chi connectivity index (χ1n) is 10.8. The molecule has 1 saturated heterocycles. The van der Waals surface area contributed by atoms with Crippen LogP contribution in [0.3, 0.4) is 0 Å². The molecule has 0 spiro atoms. The normalized spacial score (nSPS) is 15.5. The topological polar surface area (TPSA) is 111 Å². The van der Waals surface area contributed by atoms with E-state index in [0.29, 0.717) is 41.0 Å². The predicted molar refractivity (Wildman–Crippen MR) is 123 cm³/mol. The number of hydrogen-bond donors (Lipinski definition) is 1. The van der Waals surface area contributed by atoms with Crippen molar-refractivity contribution < 1.29 is 13.9 Å². The number of nitrogens with zero attached hydrogens (tertiary/aromatic N) is 7. The second-order valence-electron chi connectivity index (χ2n) is 8.23. The maximum atomic E-state index is 15.3. The van der Waals surface area contributed by atoms with Crippen LogP contribution >= 0.6 is 0 Å². The van der Waals surface area contributed by atoms with Gasteiger partial charge in [-0.15, -0.1) is 0 Å². The van der Waals surface area contributed by atoms with Gasteiger partial charge >= 0.3 is 0 Å². The number of fused-ring (bicyclic) bond motifs is 1. The number of halogens is 1. The minimum atomic E-state index is -0.413. The predicted octanol–water partition coefficient (Wildman–Crippen LogP) is 2.69. The molecule has 1 atom stereocenters. The summed E-state index contributed by atoms with van der Waals surface area (Å²) >= 11 is 0. The van der Waals surface area contributed by atoms with Crippen molar-refractivity contribution in [2.24, 2.45) is 7.05 Å². The van der Waals surface area contributed by atoms with Gasteiger partial charge in [-0.05, 0) is 25.0 Å². The minimum Gasteiger partial charge on any atom is -0.497 e. The number of methoxy groups -OCH3 is 1. The molecule has 10 nitrogen and oxygen atoms in total. The molecule has 3 aromatic heterocycles. The second-order valence-corrected chi connectivity index (χ2v) is 8.23. The van der Waals surface area contributed by atoms with Crippen molar-refractivity contribution in [1.29, 1.82) is 0 Å². The fourth-order valence-corrected chi connectivity index (χ4v) is 3.98. The molecule has 1 amide bonds. The minimum absolute atomic E-state index is 0.0290. The van der Waals surface area contributed by atoms with Crippen LogP contribution in [0, 0.1) is 12.7 Å². The van der Waals surface area contributed by atoms with Crippen LogP contribution in [0.4, 0.5) is 16.0 Å². The fourth-order valence-electron chi connectivity index (χ4n) is 3.98. The van der Waals surface area contributed by atoms with Gasteiger partial charge in [0.1, 0.15) is 17.1 Å². The lowest BCUT2D eigenvalue weighted by Gasteiger charge is -2.27. The van der Waals surface area contributed by atoms with E-state index in [9.17, 15) is 4.79 Å². The highest BCUT2D eigenvalue weighted by Crippen LogP contribution is 2.33. The first-order chi connectivity index (χ1) is 16.4. The van der Waals surface area contributed by atoms with E-state index in [4.69, 9.17) is 4.74 Å². The van der Waals surface area contributed by atoms with E-state index in [1.807, 2.05) is 13.2 Å². The number of aromatic nitrogens is 6. The number of nitrogens with one attached hydrogen (secondary N) is 1. The molecule has 11 heteroatoms. The van der Waals surface area contributed by atoms with Gasteiger partial charge < -0.3 is 15.0 Å². The van der Waals surface area contributed by atoms with E-state index in [-0.39, 0.29) is 30.1 Å². The number of ether oxygens (including phenoxy) is 1. The average Bonchev–Trinajstić information content (AvgIpc) is 3.46. The summed E-state index contributed by atoms with van der Waals surface area (Å²) in [6.45, 7) is 1.96. The second kappa shape index (κ2) is 8.65. The summed E-state index contributed by atoms with van der Waals surface area (Å²) in [6, 6.07) is 3.05. The van der Waals surface area contributed by atoms with E-state index in [1.54, 1.807) is 47.2 Å². The Morgan fingerprint density at radius 1 is 1.24 bits per heavy atom. The van der Waals surface area contributed by atoms with Crippen LogP contribution in [-0.4, -0.2) is 55.3 Å². The lowest BCUT2D eigenvalue weighted by atomic mass is 10.1. The summed E-state index contributed by atoms with van der Waals surface area (Å²) in [6.07, 6.45) is 7.79. The van der Waals surface area contributed by atoms with Crippen molar-refractivity contribution in [2.75, 3.05) is 18.6 Å². The zero-order valence-electron chi connectivity index (χ0n) is 19.0. The van der Waals surface area contributed by atoms with E-state index < -0.39 is 5.82 Å². The summed E-state index contributed by atoms with van der Waals surface area (Å²) in [5.74, 6) is 0.314. The van der Waals surface area contributed by atoms with Gasteiger partial charge in [0.25, 0.3) is 0 Å². The van der Waals surface area contributed by atoms with Crippen LogP contribution in [0.1, 0.15) is 18.4 Å². The van der Waals surface area contributed by atoms with Crippen molar-refractivity contribution in [1.82, 2.24) is 35.0 Å². The zero-order valence-corrected chi connectivity index (χ0v) is 19.0. The molecule has 1 aliphatic rings. The summed E-state index contributed by atoms with van der Waals surface area (Å²) < 4.78 is 22.4. The largest absolute Gasteiger partial charge is 0.497 e. The van der Waals surface area contributed by atoms with Crippen LogP contribution in [0.25, 0.3) is 22.4 Å². The lowest BCUT2D eigenvalue weighted by molar-refractivity contribution is -0.119. The van der Waals surface area contributed by atoms with Crippen molar-refractivity contribution in [3.63, 3.8) is 0 Å². The highest BCUT2D eigenvalue weighted by molar-refractivity contribution is 5.79. The Balaban J connectivity index is 1.61. The lowest BCUT2D eigenvalue weighted by Crippen LogP contribution is -2.37. The molecule has 34 heavy (non-hydrogen) atoms. The molecular formula is C23H23FN8O2. The number of hydrogen-bond acceptors (Lipinski definition) is 8. The highest BCUT2D eigenvalue weighted by Gasteiger charge is 2.27. The standard InChI is InChI=1S/C23H23FN8O2/c1-13-6-16(34-3)7-19(21(13)24)32(12-15-4-5-20(33)28-15)23-26-10-18-22(30-23)29-17(9-25-18)14-8-27-31(2)11-14/h6-11,15H,4-5,12H2,1-3H3,(H,28,33)/t15-/m0/s1. The Morgan fingerprint density at radius 3 is 2.79 bits per heavy atom. The Labute approximate surface area is 194 Å². The third kappa shape index (κ3) is 4.12. The van der Waals surface area contributed by atoms with Gasteiger partial charge in [0.15, 0.2) is 5.65 Å². The zero-order chi connectivity index (χ0) is 23.8. The monoisotopic (exact) mass is 462 g/mol. The van der Waals surface area contributed by atoms with Gasteiger partial charge in [-0.3, -0.25) is 9.48 Å². The first kappa shape index (κ1) is 21.7. The van der Waals surface area contributed by atoms with E-state index in [2.05, 4.69) is 30.4 Å². The van der Waals surface area contributed by atoms with Crippen LogP contribution < -0.4 is 15.0 Å². The number of carbonyl (C=O) groups excluding carboxylic acids is 1. The van der Waals surface area contributed by atoms with Crippen LogP contribution in [0.5, 0.6) is 5.75 Å². The molecule has 1 fully saturated rings. The molecule has 0 saturated carbocycles.